The summed E-state index contributed by atoms with van der Waals surface area (Å²) in [5.41, 5.74) is 0.0695. The Bertz CT molecular complexity index is 1140. The van der Waals surface area contributed by atoms with Gasteiger partial charge in [0.15, 0.2) is 0 Å². The molecule has 0 fully saturated rings. The zero-order valence-corrected chi connectivity index (χ0v) is 15.2. The SMILES string of the molecule is COc1cc(=O)n2[nH]c(S(=O)(=O)Nc3c(Cl)ccc(C)c3Cl)nc2n1. The summed E-state index contributed by atoms with van der Waals surface area (Å²) in [5, 5.41) is 2.11. The van der Waals surface area contributed by atoms with E-state index in [2.05, 4.69) is 19.8 Å². The Morgan fingerprint density at radius 2 is 2.00 bits per heavy atom. The van der Waals surface area contributed by atoms with E-state index >= 15 is 0 Å². The third kappa shape index (κ3) is 3.15. The van der Waals surface area contributed by atoms with Crippen LogP contribution in [0, 0.1) is 6.92 Å². The van der Waals surface area contributed by atoms with Crippen LogP contribution in [0.15, 0.2) is 28.2 Å². The van der Waals surface area contributed by atoms with Crippen molar-refractivity contribution in [1.82, 2.24) is 19.6 Å². The van der Waals surface area contributed by atoms with E-state index in [-0.39, 0.29) is 27.4 Å². The normalized spacial score (nSPS) is 11.7. The van der Waals surface area contributed by atoms with Crippen LogP contribution in [0.2, 0.25) is 10.0 Å². The lowest BCUT2D eigenvalue weighted by molar-refractivity contribution is 0.397. The Labute approximate surface area is 151 Å². The van der Waals surface area contributed by atoms with Gasteiger partial charge < -0.3 is 4.74 Å². The van der Waals surface area contributed by atoms with Crippen LogP contribution in [0.4, 0.5) is 5.69 Å². The summed E-state index contributed by atoms with van der Waals surface area (Å²) in [6.07, 6.45) is 0. The van der Waals surface area contributed by atoms with Crippen LogP contribution in [0.1, 0.15) is 5.56 Å². The first-order valence-corrected chi connectivity index (χ1v) is 8.98. The van der Waals surface area contributed by atoms with E-state index in [1.807, 2.05) is 0 Å². The first-order chi connectivity index (χ1) is 11.7. The summed E-state index contributed by atoms with van der Waals surface area (Å²) in [6.45, 7) is 1.70. The molecular formula is C13H11Cl2N5O4S. The fraction of sp³-hybridized carbons (Fsp3) is 0.154. The molecule has 3 aromatic rings. The number of nitrogens with one attached hydrogen (secondary N) is 2. The molecule has 2 heterocycles. The first-order valence-electron chi connectivity index (χ1n) is 6.74. The highest BCUT2D eigenvalue weighted by atomic mass is 35.5. The number of halogens is 2. The Balaban J connectivity index is 2.10. The van der Waals surface area contributed by atoms with Crippen molar-refractivity contribution < 1.29 is 13.2 Å². The van der Waals surface area contributed by atoms with E-state index in [4.69, 9.17) is 27.9 Å². The molecule has 0 aliphatic heterocycles. The molecule has 0 atom stereocenters. The molecular weight excluding hydrogens is 393 g/mol. The number of nitrogens with zero attached hydrogens (tertiary/aromatic N) is 3. The standard InChI is InChI=1S/C13H11Cl2N5O4S/c1-6-3-4-7(14)11(10(6)15)19-25(22,23)13-17-12-16-8(24-2)5-9(21)20(12)18-13/h3-5,19H,1-2H3,(H,16,17,18). The van der Waals surface area contributed by atoms with Gasteiger partial charge in [-0.15, -0.1) is 0 Å². The van der Waals surface area contributed by atoms with Crippen LogP contribution in [-0.2, 0) is 10.0 Å². The summed E-state index contributed by atoms with van der Waals surface area (Å²) in [6, 6.07) is 4.25. The van der Waals surface area contributed by atoms with Crippen LogP contribution < -0.4 is 15.0 Å². The van der Waals surface area contributed by atoms with Crippen LogP contribution in [0.5, 0.6) is 5.88 Å². The molecule has 0 saturated carbocycles. The average molecular weight is 404 g/mol. The maximum absolute atomic E-state index is 12.6. The van der Waals surface area contributed by atoms with Gasteiger partial charge in [0, 0.05) is 0 Å². The second-order valence-corrected chi connectivity index (χ2v) is 7.34. The van der Waals surface area contributed by atoms with Crippen molar-refractivity contribution in [3.8, 4) is 5.88 Å². The number of aromatic amines is 1. The molecule has 0 radical (unpaired) electrons. The van der Waals surface area contributed by atoms with Gasteiger partial charge in [-0.1, -0.05) is 29.3 Å². The van der Waals surface area contributed by atoms with Gasteiger partial charge in [-0.25, -0.2) is 0 Å². The number of hydrogen-bond donors (Lipinski definition) is 2. The highest BCUT2D eigenvalue weighted by molar-refractivity contribution is 7.92. The first kappa shape index (κ1) is 17.5. The fourth-order valence-electron chi connectivity index (χ4n) is 2.00. The second kappa shape index (κ2) is 6.21. The zero-order chi connectivity index (χ0) is 18.4. The largest absolute Gasteiger partial charge is 0.481 e. The number of aryl methyl sites for hydroxylation is 1. The van der Waals surface area contributed by atoms with Crippen LogP contribution in [-0.4, -0.2) is 35.1 Å². The Morgan fingerprint density at radius 3 is 2.68 bits per heavy atom. The molecule has 25 heavy (non-hydrogen) atoms. The molecule has 1 aromatic carbocycles. The van der Waals surface area contributed by atoms with Crippen LogP contribution >= 0.6 is 23.2 Å². The van der Waals surface area contributed by atoms with E-state index < -0.39 is 20.7 Å². The predicted octanol–water partition coefficient (Wildman–Crippen LogP) is 1.84. The monoisotopic (exact) mass is 403 g/mol. The fourth-order valence-corrected chi connectivity index (χ4v) is 3.57. The molecule has 0 spiro atoms. The molecule has 132 valence electrons. The summed E-state index contributed by atoms with van der Waals surface area (Å²) in [7, 11) is -2.87. The van der Waals surface area contributed by atoms with Gasteiger partial charge in [0.2, 0.25) is 5.88 Å². The van der Waals surface area contributed by atoms with Gasteiger partial charge in [0.1, 0.15) is 0 Å². The lowest BCUT2D eigenvalue weighted by Crippen LogP contribution is -2.17. The number of aromatic nitrogens is 4. The number of hydrogen-bond acceptors (Lipinski definition) is 6. The Kier molecular flexibility index (Phi) is 4.35. The van der Waals surface area contributed by atoms with Crippen molar-refractivity contribution in [2.24, 2.45) is 0 Å². The number of rotatable bonds is 4. The van der Waals surface area contributed by atoms with E-state index in [1.54, 1.807) is 13.0 Å². The molecule has 0 unspecified atom stereocenters. The van der Waals surface area contributed by atoms with Gasteiger partial charge >= 0.3 is 0 Å². The molecule has 12 heteroatoms. The minimum atomic E-state index is -4.20. The summed E-state index contributed by atoms with van der Waals surface area (Å²) in [4.78, 5) is 19.6. The van der Waals surface area contributed by atoms with Gasteiger partial charge in [-0.05, 0) is 18.6 Å². The van der Waals surface area contributed by atoms with Crippen molar-refractivity contribution in [2.45, 2.75) is 12.1 Å². The molecule has 3 rings (SSSR count). The van der Waals surface area contributed by atoms with Gasteiger partial charge in [0.05, 0.1) is 28.9 Å². The molecule has 9 nitrogen and oxygen atoms in total. The molecule has 0 aliphatic carbocycles. The summed E-state index contributed by atoms with van der Waals surface area (Å²) < 4.78 is 33.1. The smallest absolute Gasteiger partial charge is 0.297 e. The highest BCUT2D eigenvalue weighted by Crippen LogP contribution is 2.34. The maximum atomic E-state index is 12.6. The van der Waals surface area contributed by atoms with E-state index in [9.17, 15) is 13.2 Å². The van der Waals surface area contributed by atoms with Crippen molar-refractivity contribution in [3.63, 3.8) is 0 Å². The number of benzene rings is 1. The molecule has 2 N–H and O–H groups in total. The van der Waals surface area contributed by atoms with Crippen molar-refractivity contribution in [1.29, 1.82) is 0 Å². The number of methoxy groups -OCH3 is 1. The Hall–Kier alpha value is -2.30. The maximum Gasteiger partial charge on any atom is 0.297 e. The molecule has 2 aromatic heterocycles. The molecule has 0 aliphatic rings. The molecule has 0 bridgehead atoms. The minimum absolute atomic E-state index is 0.0122. The van der Waals surface area contributed by atoms with E-state index in [0.717, 1.165) is 10.6 Å². The molecule has 0 amide bonds. The lowest BCUT2D eigenvalue weighted by Gasteiger charge is -2.11. The number of fused-ring (bicyclic) bond motifs is 1. The van der Waals surface area contributed by atoms with Gasteiger partial charge in [0.25, 0.3) is 26.5 Å². The summed E-state index contributed by atoms with van der Waals surface area (Å²) in [5.74, 6) is -0.149. The third-order valence-corrected chi connectivity index (χ3v) is 5.24. The van der Waals surface area contributed by atoms with E-state index in [0.29, 0.717) is 5.56 Å². The minimum Gasteiger partial charge on any atom is -0.481 e. The van der Waals surface area contributed by atoms with Crippen molar-refractivity contribution >= 4 is 44.7 Å². The Morgan fingerprint density at radius 1 is 1.28 bits per heavy atom. The number of sulfonamides is 1. The van der Waals surface area contributed by atoms with Crippen LogP contribution in [0.3, 0.4) is 0 Å². The lowest BCUT2D eigenvalue weighted by atomic mass is 10.2. The quantitative estimate of drug-likeness (QED) is 0.685. The number of anilines is 1. The van der Waals surface area contributed by atoms with Gasteiger partial charge in [-0.2, -0.15) is 22.9 Å². The van der Waals surface area contributed by atoms with Crippen molar-refractivity contribution in [3.05, 3.63) is 44.2 Å². The molecule has 0 saturated heterocycles. The average Bonchev–Trinajstić information content (AvgIpc) is 3.01. The summed E-state index contributed by atoms with van der Waals surface area (Å²) >= 11 is 12.1. The van der Waals surface area contributed by atoms with Crippen molar-refractivity contribution in [2.75, 3.05) is 11.8 Å². The topological polar surface area (TPSA) is 118 Å². The highest BCUT2D eigenvalue weighted by Gasteiger charge is 2.23. The van der Waals surface area contributed by atoms with Crippen LogP contribution in [0.25, 0.3) is 5.78 Å². The second-order valence-electron chi connectivity index (χ2n) is 4.96. The van der Waals surface area contributed by atoms with E-state index in [1.165, 1.54) is 13.2 Å². The predicted molar refractivity (Wildman–Crippen MR) is 92.2 cm³/mol. The number of H-pyrrole nitrogens is 1. The zero-order valence-electron chi connectivity index (χ0n) is 12.9. The third-order valence-electron chi connectivity index (χ3n) is 3.27. The van der Waals surface area contributed by atoms with Gasteiger partial charge in [-0.3, -0.25) is 14.6 Å². The number of ether oxygens (including phenoxy) is 1.